The molecule has 15 heavy (non-hydrogen) atoms. The van der Waals surface area contributed by atoms with Crippen LogP contribution in [0.2, 0.25) is 0 Å². The summed E-state index contributed by atoms with van der Waals surface area (Å²) < 4.78 is 10.7. The predicted octanol–water partition coefficient (Wildman–Crippen LogP) is 0.542. The van der Waals surface area contributed by atoms with Crippen molar-refractivity contribution in [3.63, 3.8) is 0 Å². The largest absolute Gasteiger partial charge is 0.386 e. The Hall–Kier alpha value is -0.160. The molecule has 0 amide bonds. The number of rotatable bonds is 7. The van der Waals surface area contributed by atoms with Gasteiger partial charge in [-0.3, -0.25) is 0 Å². The summed E-state index contributed by atoms with van der Waals surface area (Å²) in [6.07, 6.45) is 1.70. The fourth-order valence-corrected chi connectivity index (χ4v) is 1.70. The van der Waals surface area contributed by atoms with Crippen LogP contribution in [0.15, 0.2) is 0 Å². The zero-order valence-corrected chi connectivity index (χ0v) is 9.79. The maximum absolute atomic E-state index is 10.1. The van der Waals surface area contributed by atoms with Crippen molar-refractivity contribution in [2.24, 2.45) is 0 Å². The van der Waals surface area contributed by atoms with E-state index in [-0.39, 0.29) is 6.10 Å². The summed E-state index contributed by atoms with van der Waals surface area (Å²) in [5, 5.41) is 13.3. The smallest absolute Gasteiger partial charge is 0.105 e. The molecule has 0 bridgehead atoms. The minimum absolute atomic E-state index is 0.0680. The summed E-state index contributed by atoms with van der Waals surface area (Å²) >= 11 is 0. The third kappa shape index (κ3) is 4.07. The number of hydrogen-bond acceptors (Lipinski definition) is 4. The van der Waals surface area contributed by atoms with Gasteiger partial charge < -0.3 is 19.9 Å². The van der Waals surface area contributed by atoms with Gasteiger partial charge in [0, 0.05) is 32.7 Å². The van der Waals surface area contributed by atoms with Crippen LogP contribution in [0.5, 0.6) is 0 Å². The number of hydrogen-bond donors (Lipinski definition) is 2. The van der Waals surface area contributed by atoms with Gasteiger partial charge in [-0.1, -0.05) is 6.92 Å². The summed E-state index contributed by atoms with van der Waals surface area (Å²) in [4.78, 5) is 0. The van der Waals surface area contributed by atoms with E-state index in [0.717, 1.165) is 26.0 Å². The van der Waals surface area contributed by atoms with Crippen LogP contribution in [0, 0.1) is 0 Å². The van der Waals surface area contributed by atoms with Crippen LogP contribution in [0.4, 0.5) is 0 Å². The van der Waals surface area contributed by atoms with Gasteiger partial charge in [-0.15, -0.1) is 0 Å². The van der Waals surface area contributed by atoms with E-state index in [1.807, 2.05) is 6.92 Å². The lowest BCUT2D eigenvalue weighted by Crippen LogP contribution is -2.46. The van der Waals surface area contributed by atoms with E-state index in [1.165, 1.54) is 0 Å². The zero-order valence-electron chi connectivity index (χ0n) is 9.79. The first-order valence-electron chi connectivity index (χ1n) is 5.81. The molecule has 2 unspecified atom stereocenters. The minimum Gasteiger partial charge on any atom is -0.386 e. The highest BCUT2D eigenvalue weighted by molar-refractivity contribution is 4.91. The van der Waals surface area contributed by atoms with Gasteiger partial charge >= 0.3 is 0 Å². The summed E-state index contributed by atoms with van der Waals surface area (Å²) in [5.41, 5.74) is -0.690. The number of nitrogens with one attached hydrogen (secondary N) is 1. The van der Waals surface area contributed by atoms with Crippen LogP contribution < -0.4 is 5.32 Å². The molecule has 1 aliphatic heterocycles. The van der Waals surface area contributed by atoms with Gasteiger partial charge in [0.15, 0.2) is 0 Å². The van der Waals surface area contributed by atoms with E-state index in [1.54, 1.807) is 0 Å². The fraction of sp³-hybridized carbons (Fsp3) is 1.00. The van der Waals surface area contributed by atoms with Crippen molar-refractivity contribution >= 4 is 0 Å². The van der Waals surface area contributed by atoms with Crippen molar-refractivity contribution in [2.45, 2.75) is 38.4 Å². The highest BCUT2D eigenvalue weighted by Gasteiger charge is 2.38. The molecule has 0 aromatic heterocycles. The maximum Gasteiger partial charge on any atom is 0.105 e. The molecule has 0 aliphatic carbocycles. The molecule has 90 valence electrons. The predicted molar refractivity (Wildman–Crippen MR) is 59.0 cm³/mol. The lowest BCUT2D eigenvalue weighted by Gasteiger charge is -2.26. The Morgan fingerprint density at radius 2 is 2.33 bits per heavy atom. The van der Waals surface area contributed by atoms with Gasteiger partial charge in [-0.2, -0.15) is 0 Å². The van der Waals surface area contributed by atoms with E-state index in [2.05, 4.69) is 12.2 Å². The molecule has 2 N–H and O–H groups in total. The Kier molecular flexibility index (Phi) is 5.53. The quantitative estimate of drug-likeness (QED) is 0.611. The van der Waals surface area contributed by atoms with Crippen molar-refractivity contribution in [2.75, 3.05) is 32.9 Å². The SMILES string of the molecule is CCCOCCNCC1(O)CCOC1C. The third-order valence-electron chi connectivity index (χ3n) is 2.86. The zero-order chi connectivity index (χ0) is 11.1. The summed E-state index contributed by atoms with van der Waals surface area (Å²) in [6.45, 7) is 7.56. The molecule has 1 fully saturated rings. The summed E-state index contributed by atoms with van der Waals surface area (Å²) in [7, 11) is 0. The van der Waals surface area contributed by atoms with Gasteiger partial charge in [-0.25, -0.2) is 0 Å². The Labute approximate surface area is 92.0 Å². The number of ether oxygens (including phenoxy) is 2. The van der Waals surface area contributed by atoms with E-state index >= 15 is 0 Å². The molecule has 4 heteroatoms. The molecular formula is C11H23NO3. The molecule has 0 aromatic rings. The van der Waals surface area contributed by atoms with E-state index in [9.17, 15) is 5.11 Å². The van der Waals surface area contributed by atoms with Crippen molar-refractivity contribution in [1.82, 2.24) is 5.32 Å². The highest BCUT2D eigenvalue weighted by atomic mass is 16.5. The molecule has 0 radical (unpaired) electrons. The van der Waals surface area contributed by atoms with E-state index in [0.29, 0.717) is 19.8 Å². The van der Waals surface area contributed by atoms with Gasteiger partial charge in [0.2, 0.25) is 0 Å². The van der Waals surface area contributed by atoms with Crippen LogP contribution in [-0.4, -0.2) is 49.7 Å². The average molecular weight is 217 g/mol. The standard InChI is InChI=1S/C11H23NO3/c1-3-6-14-8-5-12-9-11(13)4-7-15-10(11)2/h10,12-13H,3-9H2,1-2H3. The van der Waals surface area contributed by atoms with Gasteiger partial charge in [0.1, 0.15) is 5.60 Å². The average Bonchev–Trinajstić information content (AvgIpc) is 2.54. The number of aliphatic hydroxyl groups is 1. The van der Waals surface area contributed by atoms with Gasteiger partial charge in [-0.05, 0) is 13.3 Å². The van der Waals surface area contributed by atoms with Crippen molar-refractivity contribution in [3.8, 4) is 0 Å². The molecular weight excluding hydrogens is 194 g/mol. The molecule has 0 spiro atoms. The maximum atomic E-state index is 10.1. The van der Waals surface area contributed by atoms with Crippen LogP contribution in [0.1, 0.15) is 26.7 Å². The Bertz CT molecular complexity index is 177. The van der Waals surface area contributed by atoms with Crippen molar-refractivity contribution < 1.29 is 14.6 Å². The van der Waals surface area contributed by atoms with Crippen molar-refractivity contribution in [1.29, 1.82) is 0 Å². The molecule has 1 rings (SSSR count). The van der Waals surface area contributed by atoms with Gasteiger partial charge in [0.05, 0.1) is 12.7 Å². The first kappa shape index (κ1) is 12.9. The first-order valence-corrected chi connectivity index (χ1v) is 5.81. The normalized spacial score (nSPS) is 31.0. The highest BCUT2D eigenvalue weighted by Crippen LogP contribution is 2.24. The van der Waals surface area contributed by atoms with Crippen LogP contribution >= 0.6 is 0 Å². The summed E-state index contributed by atoms with van der Waals surface area (Å²) in [6, 6.07) is 0. The molecule has 2 atom stereocenters. The second-order valence-corrected chi connectivity index (χ2v) is 4.16. The lowest BCUT2D eigenvalue weighted by molar-refractivity contribution is -0.0269. The Balaban J connectivity index is 2.04. The van der Waals surface area contributed by atoms with Crippen LogP contribution in [0.25, 0.3) is 0 Å². The van der Waals surface area contributed by atoms with Crippen LogP contribution in [-0.2, 0) is 9.47 Å². The molecule has 4 nitrogen and oxygen atoms in total. The minimum atomic E-state index is -0.690. The van der Waals surface area contributed by atoms with E-state index < -0.39 is 5.60 Å². The fourth-order valence-electron chi connectivity index (χ4n) is 1.70. The second-order valence-electron chi connectivity index (χ2n) is 4.16. The first-order chi connectivity index (χ1) is 7.19. The molecule has 1 aliphatic rings. The van der Waals surface area contributed by atoms with E-state index in [4.69, 9.17) is 9.47 Å². The molecule has 0 aromatic carbocycles. The van der Waals surface area contributed by atoms with Crippen molar-refractivity contribution in [3.05, 3.63) is 0 Å². The Morgan fingerprint density at radius 1 is 1.53 bits per heavy atom. The monoisotopic (exact) mass is 217 g/mol. The molecule has 1 heterocycles. The lowest BCUT2D eigenvalue weighted by atomic mass is 9.97. The van der Waals surface area contributed by atoms with Gasteiger partial charge in [0.25, 0.3) is 0 Å². The topological polar surface area (TPSA) is 50.7 Å². The molecule has 0 saturated carbocycles. The summed E-state index contributed by atoms with van der Waals surface area (Å²) in [5.74, 6) is 0. The third-order valence-corrected chi connectivity index (χ3v) is 2.86. The Morgan fingerprint density at radius 3 is 2.93 bits per heavy atom. The molecule has 1 saturated heterocycles. The second kappa shape index (κ2) is 6.43. The van der Waals surface area contributed by atoms with Crippen LogP contribution in [0.3, 0.4) is 0 Å².